The molecule has 0 heterocycles. The molecule has 0 bridgehead atoms. The molecule has 1 rings (SSSR count). The fourth-order valence-electron chi connectivity index (χ4n) is 1.06. The molecule has 1 unspecified atom stereocenters. The van der Waals surface area contributed by atoms with E-state index in [4.69, 9.17) is 0 Å². The molecule has 1 atom stereocenters. The first kappa shape index (κ1) is 10.3. The van der Waals surface area contributed by atoms with E-state index in [0.29, 0.717) is 6.54 Å². The van der Waals surface area contributed by atoms with Crippen LogP contribution in [0.15, 0.2) is 30.3 Å². The van der Waals surface area contributed by atoms with Crippen LogP contribution in [0.3, 0.4) is 0 Å². The zero-order valence-corrected chi connectivity index (χ0v) is 8.64. The van der Waals surface area contributed by atoms with Crippen LogP contribution in [0.4, 0.5) is 0 Å². The second kappa shape index (κ2) is 4.44. The van der Waals surface area contributed by atoms with E-state index in [0.717, 1.165) is 6.42 Å². The Balaban J connectivity index is 2.37. The zero-order valence-electron chi connectivity index (χ0n) is 7.82. The van der Waals surface area contributed by atoms with Crippen molar-refractivity contribution in [3.8, 4) is 0 Å². The minimum absolute atomic E-state index is 0.711. The highest BCUT2D eigenvalue weighted by Crippen LogP contribution is 1.98. The van der Waals surface area contributed by atoms with Gasteiger partial charge in [-0.05, 0) is 17.9 Å². The highest BCUT2D eigenvalue weighted by molar-refractivity contribution is 7.97. The number of nitrogens with one attached hydrogen (secondary N) is 1. The summed E-state index contributed by atoms with van der Waals surface area (Å²) in [7, 11) is -2.04. The van der Waals surface area contributed by atoms with Crippen molar-refractivity contribution in [3.63, 3.8) is 0 Å². The van der Waals surface area contributed by atoms with Gasteiger partial charge in [0.1, 0.15) is 0 Å². The largest absolute Gasteiger partial charge is 0.253 e. The average molecular weight is 197 g/mol. The molecule has 3 heteroatoms. The van der Waals surface area contributed by atoms with E-state index in [9.17, 15) is 4.21 Å². The molecule has 0 radical (unpaired) electrons. The maximum absolute atomic E-state index is 11.2. The Hall–Kier alpha value is -0.800. The van der Waals surface area contributed by atoms with Crippen LogP contribution in [0, 0.1) is 0 Å². The second-order valence-electron chi connectivity index (χ2n) is 3.13. The molecule has 0 fully saturated rings. The van der Waals surface area contributed by atoms with Crippen LogP contribution in [0.5, 0.6) is 0 Å². The average Bonchev–Trinajstić information content (AvgIpc) is 2.04. The van der Waals surface area contributed by atoms with E-state index in [1.54, 1.807) is 6.26 Å². The van der Waals surface area contributed by atoms with Gasteiger partial charge in [-0.15, -0.1) is 0 Å². The van der Waals surface area contributed by atoms with Gasteiger partial charge in [0.25, 0.3) is 0 Å². The summed E-state index contributed by atoms with van der Waals surface area (Å²) >= 11 is 0. The van der Waals surface area contributed by atoms with Gasteiger partial charge < -0.3 is 0 Å². The quantitative estimate of drug-likeness (QED) is 0.719. The Labute approximate surface area is 80.1 Å². The molecule has 0 aliphatic rings. The summed E-state index contributed by atoms with van der Waals surface area (Å²) < 4.78 is 14.0. The Kier molecular flexibility index (Phi) is 3.51. The van der Waals surface area contributed by atoms with E-state index in [-0.39, 0.29) is 0 Å². The Bertz CT molecular complexity index is 342. The van der Waals surface area contributed by atoms with Gasteiger partial charge in [-0.25, -0.2) is 4.72 Å². The number of rotatable bonds is 4. The SMILES string of the molecule is C=S(C)(=O)NCCc1ccccc1. The van der Waals surface area contributed by atoms with Gasteiger partial charge >= 0.3 is 0 Å². The first-order valence-electron chi connectivity index (χ1n) is 4.19. The van der Waals surface area contributed by atoms with Gasteiger partial charge in [0.05, 0.1) is 0 Å². The van der Waals surface area contributed by atoms with Gasteiger partial charge in [-0.3, -0.25) is 4.21 Å². The summed E-state index contributed by atoms with van der Waals surface area (Å²) in [6.45, 7) is 0.711. The van der Waals surface area contributed by atoms with Gasteiger partial charge in [-0.2, -0.15) is 0 Å². The molecule has 0 saturated carbocycles. The molecule has 0 aliphatic heterocycles. The molecular formula is C10H15NOS. The van der Waals surface area contributed by atoms with Crippen LogP contribution < -0.4 is 4.72 Å². The van der Waals surface area contributed by atoms with Crippen LogP contribution in [0.25, 0.3) is 0 Å². The summed E-state index contributed by atoms with van der Waals surface area (Å²) in [5.74, 6) is 3.52. The van der Waals surface area contributed by atoms with E-state index in [2.05, 4.69) is 22.7 Å². The second-order valence-corrected chi connectivity index (χ2v) is 5.43. The summed E-state index contributed by atoms with van der Waals surface area (Å²) in [5, 5.41) is 0. The maximum atomic E-state index is 11.2. The van der Waals surface area contributed by atoms with Crippen molar-refractivity contribution in [2.75, 3.05) is 12.8 Å². The fraction of sp³-hybridized carbons (Fsp3) is 0.300. The van der Waals surface area contributed by atoms with Crippen molar-refractivity contribution >= 4 is 15.6 Å². The highest BCUT2D eigenvalue weighted by atomic mass is 32.2. The van der Waals surface area contributed by atoms with E-state index in [1.165, 1.54) is 5.56 Å². The number of benzene rings is 1. The van der Waals surface area contributed by atoms with Crippen LogP contribution in [0.1, 0.15) is 5.56 Å². The first-order valence-corrected chi connectivity index (χ1v) is 6.32. The molecule has 0 aliphatic carbocycles. The number of hydrogen-bond acceptors (Lipinski definition) is 1. The molecular weight excluding hydrogens is 182 g/mol. The molecule has 2 nitrogen and oxygen atoms in total. The van der Waals surface area contributed by atoms with Crippen LogP contribution in [-0.4, -0.2) is 22.9 Å². The van der Waals surface area contributed by atoms with E-state index < -0.39 is 9.71 Å². The zero-order chi connectivity index (χ0) is 9.73. The first-order chi connectivity index (χ1) is 6.08. The van der Waals surface area contributed by atoms with Crippen LogP contribution in [0.2, 0.25) is 0 Å². The Morgan fingerprint density at radius 1 is 1.38 bits per heavy atom. The topological polar surface area (TPSA) is 29.1 Å². The minimum Gasteiger partial charge on any atom is -0.253 e. The normalized spacial score (nSPS) is 15.2. The van der Waals surface area contributed by atoms with Crippen molar-refractivity contribution in [1.29, 1.82) is 0 Å². The van der Waals surface area contributed by atoms with Crippen molar-refractivity contribution in [2.45, 2.75) is 6.42 Å². The molecule has 1 N–H and O–H groups in total. The molecule has 0 saturated heterocycles. The van der Waals surface area contributed by atoms with Gasteiger partial charge in [0, 0.05) is 22.5 Å². The lowest BCUT2D eigenvalue weighted by Crippen LogP contribution is -2.24. The third-order valence-electron chi connectivity index (χ3n) is 1.66. The predicted octanol–water partition coefficient (Wildman–Crippen LogP) is 1.08. The third-order valence-corrected chi connectivity index (χ3v) is 2.48. The van der Waals surface area contributed by atoms with Gasteiger partial charge in [0.15, 0.2) is 0 Å². The lowest BCUT2D eigenvalue weighted by Gasteiger charge is -2.05. The van der Waals surface area contributed by atoms with Crippen LogP contribution in [-0.2, 0) is 16.1 Å². The van der Waals surface area contributed by atoms with Crippen molar-refractivity contribution < 1.29 is 4.21 Å². The Morgan fingerprint density at radius 3 is 2.54 bits per heavy atom. The lowest BCUT2D eigenvalue weighted by atomic mass is 10.2. The molecule has 0 spiro atoms. The minimum atomic E-state index is -2.04. The van der Waals surface area contributed by atoms with Gasteiger partial charge in [0.2, 0.25) is 0 Å². The smallest absolute Gasteiger partial charge is 0.0220 e. The molecule has 0 aromatic heterocycles. The molecule has 0 amide bonds. The molecule has 72 valence electrons. The maximum Gasteiger partial charge on any atom is 0.0220 e. The molecule has 13 heavy (non-hydrogen) atoms. The number of hydrogen-bond donors (Lipinski definition) is 1. The standard InChI is InChI=1S/C10H15NOS/c1-13(2,12)11-9-8-10-6-4-3-5-7-10/h3-7H,1,8-9H2,2H3,(H,11,12). The lowest BCUT2D eigenvalue weighted by molar-refractivity contribution is 0.673. The Morgan fingerprint density at radius 2 is 2.00 bits per heavy atom. The van der Waals surface area contributed by atoms with Gasteiger partial charge in [-0.1, -0.05) is 30.3 Å². The monoisotopic (exact) mass is 197 g/mol. The summed E-state index contributed by atoms with van der Waals surface area (Å²) in [6.07, 6.45) is 2.50. The van der Waals surface area contributed by atoms with Crippen molar-refractivity contribution in [1.82, 2.24) is 4.72 Å². The summed E-state index contributed by atoms with van der Waals surface area (Å²) in [5.41, 5.74) is 1.25. The van der Waals surface area contributed by atoms with E-state index >= 15 is 0 Å². The predicted molar refractivity (Wildman–Crippen MR) is 59.3 cm³/mol. The summed E-state index contributed by atoms with van der Waals surface area (Å²) in [6, 6.07) is 10.1. The molecule has 1 aromatic rings. The third kappa shape index (κ3) is 4.70. The fourth-order valence-corrected chi connectivity index (χ4v) is 1.59. The molecule has 1 aromatic carbocycles. The highest BCUT2D eigenvalue weighted by Gasteiger charge is 1.94. The van der Waals surface area contributed by atoms with E-state index in [1.807, 2.05) is 18.2 Å². The summed E-state index contributed by atoms with van der Waals surface area (Å²) in [4.78, 5) is 0. The van der Waals surface area contributed by atoms with Crippen molar-refractivity contribution in [2.24, 2.45) is 0 Å². The van der Waals surface area contributed by atoms with Crippen LogP contribution >= 0.6 is 0 Å². The van der Waals surface area contributed by atoms with Crippen molar-refractivity contribution in [3.05, 3.63) is 35.9 Å².